The predicted octanol–water partition coefficient (Wildman–Crippen LogP) is 2.73. The highest BCUT2D eigenvalue weighted by atomic mass is 127. The van der Waals surface area contributed by atoms with Crippen LogP contribution in [0.15, 0.2) is 0 Å². The van der Waals surface area contributed by atoms with E-state index in [-0.39, 0.29) is 0 Å². The molecule has 0 aromatic rings. The maximum absolute atomic E-state index is 3.47. The van der Waals surface area contributed by atoms with E-state index in [1.54, 1.807) is 0 Å². The van der Waals surface area contributed by atoms with E-state index in [0.717, 1.165) is 9.34 Å². The van der Waals surface area contributed by atoms with E-state index in [4.69, 9.17) is 0 Å². The van der Waals surface area contributed by atoms with Crippen LogP contribution in [0.4, 0.5) is 0 Å². The summed E-state index contributed by atoms with van der Waals surface area (Å²) in [5.74, 6) is 0. The Labute approximate surface area is 88.8 Å². The van der Waals surface area contributed by atoms with Gasteiger partial charge in [-0.15, -0.1) is 0 Å². The summed E-state index contributed by atoms with van der Waals surface area (Å²) in [5, 5.41) is 3.47. The van der Waals surface area contributed by atoms with E-state index in [1.165, 1.54) is 51.6 Å². The van der Waals surface area contributed by atoms with Gasteiger partial charge in [0.05, 0.1) is 0 Å². The molecule has 0 unspecified atom stereocenters. The Kier molecular flexibility index (Phi) is 2.95. The quantitative estimate of drug-likeness (QED) is 0.531. The van der Waals surface area contributed by atoms with Gasteiger partial charge in [0.25, 0.3) is 0 Å². The van der Waals surface area contributed by atoms with Crippen molar-refractivity contribution in [3.63, 3.8) is 0 Å². The molecule has 2 rings (SSSR count). The zero-order chi connectivity index (χ0) is 8.44. The number of alkyl halides is 1. The van der Waals surface area contributed by atoms with Crippen molar-refractivity contribution in [2.24, 2.45) is 5.41 Å². The van der Waals surface area contributed by atoms with E-state index in [9.17, 15) is 0 Å². The molecule has 1 aliphatic heterocycles. The number of piperidine rings is 1. The third-order valence-electron chi connectivity index (χ3n) is 3.64. The minimum atomic E-state index is 0.771. The topological polar surface area (TPSA) is 12.0 Å². The largest absolute Gasteiger partial charge is 0.317 e. The molecule has 1 nitrogen and oxygen atoms in total. The van der Waals surface area contributed by atoms with Crippen LogP contribution in [0, 0.1) is 5.41 Å². The maximum Gasteiger partial charge on any atom is 0.0110 e. The number of halogens is 1. The van der Waals surface area contributed by atoms with Crippen LogP contribution < -0.4 is 5.32 Å². The fourth-order valence-electron chi connectivity index (χ4n) is 2.65. The van der Waals surface area contributed by atoms with Crippen LogP contribution in [0.5, 0.6) is 0 Å². The molecule has 0 amide bonds. The molecule has 2 aliphatic rings. The summed E-state index contributed by atoms with van der Waals surface area (Å²) in [4.78, 5) is 0. The molecule has 0 aromatic heterocycles. The van der Waals surface area contributed by atoms with Gasteiger partial charge in [-0.25, -0.2) is 0 Å². The van der Waals surface area contributed by atoms with Crippen molar-refractivity contribution < 1.29 is 0 Å². The number of hydrogen-bond acceptors (Lipinski definition) is 1. The van der Waals surface area contributed by atoms with E-state index in [1.807, 2.05) is 0 Å². The second kappa shape index (κ2) is 3.82. The molecular formula is C10H18IN. The van der Waals surface area contributed by atoms with Gasteiger partial charge in [0.1, 0.15) is 0 Å². The molecule has 2 heteroatoms. The Bertz CT molecular complexity index is 142. The number of hydrogen-bond donors (Lipinski definition) is 1. The first-order valence-electron chi connectivity index (χ1n) is 5.16. The number of rotatable bonds is 0. The van der Waals surface area contributed by atoms with Crippen LogP contribution in [0.3, 0.4) is 0 Å². The predicted molar refractivity (Wildman–Crippen MR) is 60.8 cm³/mol. The molecule has 0 atom stereocenters. The lowest BCUT2D eigenvalue weighted by Crippen LogP contribution is -2.39. The summed E-state index contributed by atoms with van der Waals surface area (Å²) in [6.45, 7) is 2.54. The molecular weight excluding hydrogens is 261 g/mol. The summed E-state index contributed by atoms with van der Waals surface area (Å²) in [6.07, 6.45) is 8.83. The zero-order valence-corrected chi connectivity index (χ0v) is 9.77. The monoisotopic (exact) mass is 279 g/mol. The van der Waals surface area contributed by atoms with Crippen LogP contribution in [0.2, 0.25) is 0 Å². The van der Waals surface area contributed by atoms with Gasteiger partial charge in [0.15, 0.2) is 0 Å². The van der Waals surface area contributed by atoms with Gasteiger partial charge in [-0.05, 0) is 57.0 Å². The van der Waals surface area contributed by atoms with E-state index in [2.05, 4.69) is 27.9 Å². The molecule has 1 heterocycles. The Balaban J connectivity index is 1.92. The molecule has 1 saturated heterocycles. The van der Waals surface area contributed by atoms with E-state index >= 15 is 0 Å². The van der Waals surface area contributed by atoms with E-state index < -0.39 is 0 Å². The van der Waals surface area contributed by atoms with Crippen LogP contribution in [0.25, 0.3) is 0 Å². The number of nitrogens with one attached hydrogen (secondary N) is 1. The van der Waals surface area contributed by atoms with Crippen molar-refractivity contribution in [3.8, 4) is 0 Å². The van der Waals surface area contributed by atoms with Gasteiger partial charge in [-0.3, -0.25) is 0 Å². The third kappa shape index (κ3) is 1.95. The smallest absolute Gasteiger partial charge is 0.0110 e. The highest BCUT2D eigenvalue weighted by Crippen LogP contribution is 2.44. The molecule has 1 N–H and O–H groups in total. The molecule has 1 spiro atoms. The highest BCUT2D eigenvalue weighted by Gasteiger charge is 2.35. The standard InChI is InChI=1S/C10H18IN/c11-9-1-3-10(4-2-9)5-7-12-8-6-10/h9,12H,1-8H2. The zero-order valence-electron chi connectivity index (χ0n) is 7.61. The van der Waals surface area contributed by atoms with Crippen LogP contribution in [0.1, 0.15) is 38.5 Å². The van der Waals surface area contributed by atoms with Crippen molar-refractivity contribution in [1.29, 1.82) is 0 Å². The van der Waals surface area contributed by atoms with Crippen LogP contribution in [-0.2, 0) is 0 Å². The normalized spacial score (nSPS) is 30.8. The van der Waals surface area contributed by atoms with Crippen molar-refractivity contribution in [2.75, 3.05) is 13.1 Å². The lowest BCUT2D eigenvalue weighted by Gasteiger charge is -2.42. The van der Waals surface area contributed by atoms with Gasteiger partial charge in [-0.2, -0.15) is 0 Å². The first-order valence-corrected chi connectivity index (χ1v) is 6.40. The van der Waals surface area contributed by atoms with Crippen molar-refractivity contribution in [3.05, 3.63) is 0 Å². The SMILES string of the molecule is IC1CCC2(CCNCC2)CC1. The van der Waals surface area contributed by atoms with Crippen LogP contribution >= 0.6 is 22.6 Å². The average molecular weight is 279 g/mol. The minimum Gasteiger partial charge on any atom is -0.317 e. The Morgan fingerprint density at radius 3 is 2.17 bits per heavy atom. The highest BCUT2D eigenvalue weighted by molar-refractivity contribution is 14.1. The maximum atomic E-state index is 3.47. The molecule has 0 bridgehead atoms. The molecule has 0 aromatic carbocycles. The van der Waals surface area contributed by atoms with Gasteiger partial charge in [0, 0.05) is 3.92 Å². The minimum absolute atomic E-state index is 0.771. The lowest BCUT2D eigenvalue weighted by atomic mass is 9.68. The summed E-state index contributed by atoms with van der Waals surface area (Å²) < 4.78 is 0.975. The molecule has 70 valence electrons. The summed E-state index contributed by atoms with van der Waals surface area (Å²) in [6, 6.07) is 0. The molecule has 0 radical (unpaired) electrons. The third-order valence-corrected chi connectivity index (χ3v) is 4.89. The van der Waals surface area contributed by atoms with E-state index in [0.29, 0.717) is 0 Å². The molecule has 1 saturated carbocycles. The fourth-order valence-corrected chi connectivity index (χ4v) is 3.27. The summed E-state index contributed by atoms with van der Waals surface area (Å²) in [5.41, 5.74) is 0.771. The Morgan fingerprint density at radius 1 is 1.00 bits per heavy atom. The first-order chi connectivity index (χ1) is 5.81. The average Bonchev–Trinajstić information content (AvgIpc) is 2.13. The van der Waals surface area contributed by atoms with Crippen molar-refractivity contribution in [1.82, 2.24) is 5.32 Å². The van der Waals surface area contributed by atoms with Gasteiger partial charge >= 0.3 is 0 Å². The lowest BCUT2D eigenvalue weighted by molar-refractivity contribution is 0.138. The molecule has 12 heavy (non-hydrogen) atoms. The van der Waals surface area contributed by atoms with Gasteiger partial charge < -0.3 is 5.32 Å². The van der Waals surface area contributed by atoms with Crippen LogP contribution in [-0.4, -0.2) is 17.0 Å². The second-order valence-electron chi connectivity index (χ2n) is 4.42. The summed E-state index contributed by atoms with van der Waals surface area (Å²) >= 11 is 2.62. The van der Waals surface area contributed by atoms with Crippen molar-refractivity contribution in [2.45, 2.75) is 42.4 Å². The molecule has 2 fully saturated rings. The van der Waals surface area contributed by atoms with Crippen molar-refractivity contribution >= 4 is 22.6 Å². The van der Waals surface area contributed by atoms with Gasteiger partial charge in [-0.1, -0.05) is 22.6 Å². The second-order valence-corrected chi connectivity index (χ2v) is 6.19. The first kappa shape index (κ1) is 9.25. The Morgan fingerprint density at radius 2 is 1.58 bits per heavy atom. The fraction of sp³-hybridized carbons (Fsp3) is 1.00. The molecule has 1 aliphatic carbocycles. The van der Waals surface area contributed by atoms with Gasteiger partial charge in [0.2, 0.25) is 0 Å². The Hall–Kier alpha value is 0.690. The summed E-state index contributed by atoms with van der Waals surface area (Å²) in [7, 11) is 0.